The van der Waals surface area contributed by atoms with Gasteiger partial charge in [0.05, 0.1) is 18.8 Å². The van der Waals surface area contributed by atoms with E-state index in [0.717, 1.165) is 39.4 Å². The first-order valence-electron chi connectivity index (χ1n) is 6.82. The van der Waals surface area contributed by atoms with Crippen LogP contribution < -0.4 is 10.6 Å². The average molecular weight is 257 g/mol. The zero-order chi connectivity index (χ0) is 13.6. The Morgan fingerprint density at radius 3 is 2.56 bits per heavy atom. The van der Waals surface area contributed by atoms with E-state index in [2.05, 4.69) is 22.5 Å². The molecule has 1 aliphatic heterocycles. The van der Waals surface area contributed by atoms with Gasteiger partial charge in [-0.25, -0.2) is 0 Å². The number of rotatable bonds is 6. The molecule has 18 heavy (non-hydrogen) atoms. The third kappa shape index (κ3) is 4.92. The summed E-state index contributed by atoms with van der Waals surface area (Å²) in [5.41, 5.74) is -0.506. The molecule has 1 amide bonds. The highest BCUT2D eigenvalue weighted by Gasteiger charge is 2.27. The van der Waals surface area contributed by atoms with E-state index >= 15 is 0 Å². The lowest BCUT2D eigenvalue weighted by atomic mass is 10.0. The quantitative estimate of drug-likeness (QED) is 0.714. The second kappa shape index (κ2) is 7.07. The Morgan fingerprint density at radius 2 is 2.00 bits per heavy atom. The minimum atomic E-state index is -0.506. The molecule has 0 aromatic heterocycles. The first kappa shape index (κ1) is 15.4. The van der Waals surface area contributed by atoms with Gasteiger partial charge in [0, 0.05) is 25.7 Å². The van der Waals surface area contributed by atoms with E-state index in [1.807, 2.05) is 20.8 Å². The van der Waals surface area contributed by atoms with E-state index in [9.17, 15) is 4.79 Å². The summed E-state index contributed by atoms with van der Waals surface area (Å²) in [6.45, 7) is 13.1. The van der Waals surface area contributed by atoms with Crippen LogP contribution in [0.4, 0.5) is 0 Å². The monoisotopic (exact) mass is 257 g/mol. The molecule has 1 atom stereocenters. The SMILES string of the molecule is CCNC(C)(C)C(=O)NC(C)CN1CCOCC1. The highest BCUT2D eigenvalue weighted by atomic mass is 16.5. The first-order valence-corrected chi connectivity index (χ1v) is 6.82. The molecule has 1 aliphatic rings. The summed E-state index contributed by atoms with van der Waals surface area (Å²) in [7, 11) is 0. The lowest BCUT2D eigenvalue weighted by Crippen LogP contribution is -2.56. The van der Waals surface area contributed by atoms with Gasteiger partial charge in [-0.15, -0.1) is 0 Å². The number of hydrogen-bond donors (Lipinski definition) is 2. The molecule has 5 nitrogen and oxygen atoms in total. The zero-order valence-electron chi connectivity index (χ0n) is 12.1. The minimum absolute atomic E-state index is 0.0603. The largest absolute Gasteiger partial charge is 0.379 e. The van der Waals surface area contributed by atoms with Gasteiger partial charge in [0.15, 0.2) is 0 Å². The van der Waals surface area contributed by atoms with Gasteiger partial charge in [-0.05, 0) is 27.3 Å². The Morgan fingerprint density at radius 1 is 1.39 bits per heavy atom. The number of amides is 1. The van der Waals surface area contributed by atoms with E-state index in [4.69, 9.17) is 4.74 Å². The first-order chi connectivity index (χ1) is 8.45. The summed E-state index contributed by atoms with van der Waals surface area (Å²) in [4.78, 5) is 14.4. The lowest BCUT2D eigenvalue weighted by molar-refractivity contribution is -0.127. The molecular weight excluding hydrogens is 230 g/mol. The van der Waals surface area contributed by atoms with Crippen molar-refractivity contribution < 1.29 is 9.53 Å². The third-order valence-electron chi connectivity index (χ3n) is 3.20. The molecule has 1 unspecified atom stereocenters. The summed E-state index contributed by atoms with van der Waals surface area (Å²) in [5.74, 6) is 0.0603. The van der Waals surface area contributed by atoms with Gasteiger partial charge < -0.3 is 15.4 Å². The van der Waals surface area contributed by atoms with E-state index in [0.29, 0.717) is 0 Å². The predicted molar refractivity (Wildman–Crippen MR) is 72.6 cm³/mol. The van der Waals surface area contributed by atoms with Gasteiger partial charge >= 0.3 is 0 Å². The van der Waals surface area contributed by atoms with Crippen LogP contribution in [-0.4, -0.2) is 61.8 Å². The number of nitrogens with one attached hydrogen (secondary N) is 2. The van der Waals surface area contributed by atoms with Crippen LogP contribution in [0.3, 0.4) is 0 Å². The summed E-state index contributed by atoms with van der Waals surface area (Å²) < 4.78 is 5.31. The maximum Gasteiger partial charge on any atom is 0.239 e. The highest BCUT2D eigenvalue weighted by molar-refractivity contribution is 5.85. The van der Waals surface area contributed by atoms with Crippen molar-refractivity contribution in [1.29, 1.82) is 0 Å². The summed E-state index contributed by atoms with van der Waals surface area (Å²) in [5, 5.41) is 6.25. The van der Waals surface area contributed by atoms with Crippen molar-refractivity contribution in [3.05, 3.63) is 0 Å². The van der Waals surface area contributed by atoms with Crippen LogP contribution in [0, 0.1) is 0 Å². The molecule has 1 heterocycles. The Hall–Kier alpha value is -0.650. The Bertz CT molecular complexity index is 263. The summed E-state index contributed by atoms with van der Waals surface area (Å²) in [6.07, 6.45) is 0. The Kier molecular flexibility index (Phi) is 6.05. The Labute approximate surface area is 110 Å². The minimum Gasteiger partial charge on any atom is -0.379 e. The number of likely N-dealkylation sites (N-methyl/N-ethyl adjacent to an activating group) is 1. The molecule has 1 saturated heterocycles. The van der Waals surface area contributed by atoms with Crippen LogP contribution in [0.15, 0.2) is 0 Å². The second-order valence-electron chi connectivity index (χ2n) is 5.44. The van der Waals surface area contributed by atoms with Crippen LogP contribution >= 0.6 is 0 Å². The molecule has 0 aromatic rings. The van der Waals surface area contributed by atoms with Crippen molar-refractivity contribution in [1.82, 2.24) is 15.5 Å². The molecule has 2 N–H and O–H groups in total. The fourth-order valence-corrected chi connectivity index (χ4v) is 2.14. The number of morpholine rings is 1. The smallest absolute Gasteiger partial charge is 0.239 e. The average Bonchev–Trinajstić information content (AvgIpc) is 2.29. The van der Waals surface area contributed by atoms with Crippen molar-refractivity contribution in [2.75, 3.05) is 39.4 Å². The fourth-order valence-electron chi connectivity index (χ4n) is 2.14. The topological polar surface area (TPSA) is 53.6 Å². The second-order valence-corrected chi connectivity index (χ2v) is 5.44. The van der Waals surface area contributed by atoms with Crippen molar-refractivity contribution in [3.63, 3.8) is 0 Å². The Balaban J connectivity index is 2.34. The molecule has 0 aliphatic carbocycles. The number of carbonyl (C=O) groups excluding carboxylic acids is 1. The number of carbonyl (C=O) groups is 1. The van der Waals surface area contributed by atoms with Crippen molar-refractivity contribution in [2.24, 2.45) is 0 Å². The van der Waals surface area contributed by atoms with Crippen molar-refractivity contribution >= 4 is 5.91 Å². The molecule has 1 rings (SSSR count). The fraction of sp³-hybridized carbons (Fsp3) is 0.923. The number of hydrogen-bond acceptors (Lipinski definition) is 4. The molecule has 0 spiro atoms. The van der Waals surface area contributed by atoms with Gasteiger partial charge in [-0.1, -0.05) is 6.92 Å². The van der Waals surface area contributed by atoms with E-state index in [-0.39, 0.29) is 11.9 Å². The van der Waals surface area contributed by atoms with Crippen molar-refractivity contribution in [3.8, 4) is 0 Å². The lowest BCUT2D eigenvalue weighted by Gasteiger charge is -2.31. The van der Waals surface area contributed by atoms with Crippen LogP contribution in [0.2, 0.25) is 0 Å². The highest BCUT2D eigenvalue weighted by Crippen LogP contribution is 2.04. The molecule has 0 radical (unpaired) electrons. The molecule has 106 valence electrons. The van der Waals surface area contributed by atoms with Gasteiger partial charge in [0.1, 0.15) is 0 Å². The van der Waals surface area contributed by atoms with Crippen molar-refractivity contribution in [2.45, 2.75) is 39.3 Å². The van der Waals surface area contributed by atoms with Crippen LogP contribution in [-0.2, 0) is 9.53 Å². The van der Waals surface area contributed by atoms with Gasteiger partial charge in [0.2, 0.25) is 5.91 Å². The normalized spacial score (nSPS) is 19.6. The van der Waals surface area contributed by atoms with E-state index in [1.165, 1.54) is 0 Å². The number of ether oxygens (including phenoxy) is 1. The van der Waals surface area contributed by atoms with Crippen LogP contribution in [0.25, 0.3) is 0 Å². The van der Waals surface area contributed by atoms with Crippen LogP contribution in [0.5, 0.6) is 0 Å². The zero-order valence-corrected chi connectivity index (χ0v) is 12.1. The third-order valence-corrected chi connectivity index (χ3v) is 3.20. The molecular formula is C13H27N3O2. The summed E-state index contributed by atoms with van der Waals surface area (Å²) >= 11 is 0. The molecule has 0 aromatic carbocycles. The molecule has 5 heteroatoms. The van der Waals surface area contributed by atoms with E-state index < -0.39 is 5.54 Å². The van der Waals surface area contributed by atoms with Gasteiger partial charge in [0.25, 0.3) is 0 Å². The maximum atomic E-state index is 12.1. The standard InChI is InChI=1S/C13H27N3O2/c1-5-14-13(3,4)12(17)15-11(2)10-16-6-8-18-9-7-16/h11,14H,5-10H2,1-4H3,(H,15,17). The maximum absolute atomic E-state index is 12.1. The molecule has 0 bridgehead atoms. The van der Waals surface area contributed by atoms with E-state index in [1.54, 1.807) is 0 Å². The van der Waals surface area contributed by atoms with Crippen LogP contribution in [0.1, 0.15) is 27.7 Å². The van der Waals surface area contributed by atoms with Gasteiger partial charge in [-0.3, -0.25) is 9.69 Å². The predicted octanol–water partition coefficient (Wildman–Crippen LogP) is 0.211. The van der Waals surface area contributed by atoms with Gasteiger partial charge in [-0.2, -0.15) is 0 Å². The number of nitrogens with zero attached hydrogens (tertiary/aromatic N) is 1. The summed E-state index contributed by atoms with van der Waals surface area (Å²) in [6, 6.07) is 0.161. The molecule has 0 saturated carbocycles. The molecule has 1 fully saturated rings.